The van der Waals surface area contributed by atoms with Crippen molar-refractivity contribution in [2.75, 3.05) is 44.3 Å². The Labute approximate surface area is 140 Å². The Morgan fingerprint density at radius 1 is 1.25 bits per heavy atom. The zero-order valence-corrected chi connectivity index (χ0v) is 13.3. The van der Waals surface area contributed by atoms with Crippen LogP contribution < -0.4 is 4.90 Å². The summed E-state index contributed by atoms with van der Waals surface area (Å²) in [5.74, 6) is 0.994. The van der Waals surface area contributed by atoms with Gasteiger partial charge < -0.3 is 14.5 Å². The molecule has 0 N–H and O–H groups in total. The Balaban J connectivity index is 1.50. The predicted octanol–water partition coefficient (Wildman–Crippen LogP) is 1.40. The summed E-state index contributed by atoms with van der Waals surface area (Å²) in [5, 5.41) is 10.2. The van der Waals surface area contributed by atoms with Crippen LogP contribution in [0.25, 0.3) is 10.9 Å². The maximum atomic E-state index is 12.5. The highest BCUT2D eigenvalue weighted by Gasteiger charge is 2.36. The van der Waals surface area contributed by atoms with Gasteiger partial charge in [0.05, 0.1) is 36.3 Å². The molecule has 6 heteroatoms. The van der Waals surface area contributed by atoms with Crippen LogP contribution >= 0.6 is 0 Å². The first-order chi connectivity index (χ1) is 11.8. The number of benzene rings is 1. The summed E-state index contributed by atoms with van der Waals surface area (Å²) in [4.78, 5) is 21.1. The molecule has 4 rings (SSSR count). The van der Waals surface area contributed by atoms with E-state index in [1.165, 1.54) is 0 Å². The van der Waals surface area contributed by atoms with Gasteiger partial charge in [0.1, 0.15) is 5.82 Å². The van der Waals surface area contributed by atoms with Crippen LogP contribution in [0.15, 0.2) is 30.3 Å². The van der Waals surface area contributed by atoms with Crippen LogP contribution in [0.4, 0.5) is 5.82 Å². The van der Waals surface area contributed by atoms with Crippen LogP contribution in [0.3, 0.4) is 0 Å². The molecule has 122 valence electrons. The van der Waals surface area contributed by atoms with Crippen molar-refractivity contribution in [1.29, 1.82) is 5.26 Å². The van der Waals surface area contributed by atoms with Gasteiger partial charge in [-0.25, -0.2) is 4.98 Å². The molecule has 2 saturated heterocycles. The van der Waals surface area contributed by atoms with Gasteiger partial charge in [-0.2, -0.15) is 5.26 Å². The quantitative estimate of drug-likeness (QED) is 0.836. The van der Waals surface area contributed by atoms with Crippen molar-refractivity contribution >= 4 is 22.6 Å². The minimum absolute atomic E-state index is 0.0157. The predicted molar refractivity (Wildman–Crippen MR) is 89.6 cm³/mol. The Kier molecular flexibility index (Phi) is 3.79. The molecule has 2 fully saturated rings. The minimum atomic E-state index is 0.0157. The largest absolute Gasteiger partial charge is 0.378 e. The van der Waals surface area contributed by atoms with Crippen molar-refractivity contribution < 1.29 is 9.53 Å². The number of amides is 1. The summed E-state index contributed by atoms with van der Waals surface area (Å²) in [6.07, 6.45) is 0. The Morgan fingerprint density at radius 3 is 2.75 bits per heavy atom. The van der Waals surface area contributed by atoms with Gasteiger partial charge in [-0.05, 0) is 12.1 Å². The molecule has 0 unspecified atom stereocenters. The molecule has 0 bridgehead atoms. The van der Waals surface area contributed by atoms with E-state index < -0.39 is 0 Å². The average molecular weight is 322 g/mol. The smallest absolute Gasteiger partial charge is 0.229 e. The molecule has 0 saturated carbocycles. The van der Waals surface area contributed by atoms with E-state index in [9.17, 15) is 10.1 Å². The first-order valence-corrected chi connectivity index (χ1v) is 8.17. The minimum Gasteiger partial charge on any atom is -0.378 e. The number of hydrogen-bond acceptors (Lipinski definition) is 5. The maximum Gasteiger partial charge on any atom is 0.229 e. The molecule has 0 atom stereocenters. The summed E-state index contributed by atoms with van der Waals surface area (Å²) in [6, 6.07) is 11.7. The summed E-state index contributed by atoms with van der Waals surface area (Å²) >= 11 is 0. The number of anilines is 1. The van der Waals surface area contributed by atoms with Crippen molar-refractivity contribution in [1.82, 2.24) is 9.88 Å². The zero-order valence-electron chi connectivity index (χ0n) is 13.3. The molecule has 0 aliphatic carbocycles. The first kappa shape index (κ1) is 14.9. The van der Waals surface area contributed by atoms with E-state index in [-0.39, 0.29) is 11.8 Å². The number of ether oxygens (including phenoxy) is 1. The van der Waals surface area contributed by atoms with Crippen LogP contribution in [0.5, 0.6) is 0 Å². The number of nitriles is 1. The van der Waals surface area contributed by atoms with E-state index in [1.54, 1.807) is 0 Å². The third-order valence-electron chi connectivity index (χ3n) is 4.70. The van der Waals surface area contributed by atoms with Crippen LogP contribution in [0, 0.1) is 17.2 Å². The lowest BCUT2D eigenvalue weighted by atomic mass is 9.97. The fourth-order valence-corrected chi connectivity index (χ4v) is 3.28. The third-order valence-corrected chi connectivity index (χ3v) is 4.70. The lowest BCUT2D eigenvalue weighted by molar-refractivity contribution is -0.140. The second-order valence-corrected chi connectivity index (χ2v) is 6.20. The molecular formula is C18H18N4O2. The number of aromatic nitrogens is 1. The summed E-state index contributed by atoms with van der Waals surface area (Å²) in [5.41, 5.74) is 1.44. The molecule has 24 heavy (non-hydrogen) atoms. The van der Waals surface area contributed by atoms with Gasteiger partial charge >= 0.3 is 0 Å². The third kappa shape index (κ3) is 2.57. The number of hydrogen-bond donors (Lipinski definition) is 0. The van der Waals surface area contributed by atoms with Crippen molar-refractivity contribution in [2.24, 2.45) is 5.92 Å². The van der Waals surface area contributed by atoms with Crippen LogP contribution in [0.1, 0.15) is 5.56 Å². The fraction of sp³-hybridized carbons (Fsp3) is 0.389. The van der Waals surface area contributed by atoms with E-state index in [1.807, 2.05) is 35.2 Å². The monoisotopic (exact) mass is 322 g/mol. The molecule has 0 radical (unpaired) electrons. The highest BCUT2D eigenvalue weighted by molar-refractivity contribution is 5.87. The lowest BCUT2D eigenvalue weighted by Crippen LogP contribution is -2.56. The molecule has 1 aromatic heterocycles. The van der Waals surface area contributed by atoms with Crippen LogP contribution in [-0.2, 0) is 9.53 Å². The highest BCUT2D eigenvalue weighted by atomic mass is 16.5. The van der Waals surface area contributed by atoms with Gasteiger partial charge in [-0.15, -0.1) is 0 Å². The number of rotatable bonds is 2. The Hall–Kier alpha value is -2.65. The van der Waals surface area contributed by atoms with Crippen LogP contribution in [0.2, 0.25) is 0 Å². The number of carbonyl (C=O) groups is 1. The highest BCUT2D eigenvalue weighted by Crippen LogP contribution is 2.28. The molecule has 6 nitrogen and oxygen atoms in total. The van der Waals surface area contributed by atoms with Gasteiger partial charge in [0.2, 0.25) is 5.91 Å². The molecule has 0 spiro atoms. The van der Waals surface area contributed by atoms with Gasteiger partial charge in [0.25, 0.3) is 0 Å². The van der Waals surface area contributed by atoms with Gasteiger partial charge in [-0.1, -0.05) is 18.2 Å². The van der Waals surface area contributed by atoms with Crippen molar-refractivity contribution in [3.8, 4) is 6.07 Å². The summed E-state index contributed by atoms with van der Waals surface area (Å²) in [7, 11) is 0. The second kappa shape index (κ2) is 6.10. The topological polar surface area (TPSA) is 69.5 Å². The summed E-state index contributed by atoms with van der Waals surface area (Å²) in [6.45, 7) is 3.93. The van der Waals surface area contributed by atoms with E-state index in [0.29, 0.717) is 45.0 Å². The number of carbonyl (C=O) groups excluding carboxylic acids is 1. The molecule has 3 heterocycles. The van der Waals surface area contributed by atoms with E-state index in [2.05, 4.69) is 16.0 Å². The fourth-order valence-electron chi connectivity index (χ4n) is 3.28. The Morgan fingerprint density at radius 2 is 2.00 bits per heavy atom. The number of pyridine rings is 1. The molecule has 2 aliphatic heterocycles. The molecule has 2 aliphatic rings. The number of fused-ring (bicyclic) bond motifs is 1. The van der Waals surface area contributed by atoms with E-state index >= 15 is 0 Å². The molecule has 2 aromatic rings. The number of nitrogens with zero attached hydrogens (tertiary/aromatic N) is 4. The zero-order chi connectivity index (χ0) is 16.5. The number of morpholine rings is 1. The number of para-hydroxylation sites is 1. The Bertz CT molecular complexity index is 817. The van der Waals surface area contributed by atoms with Crippen molar-refractivity contribution in [3.05, 3.63) is 35.9 Å². The van der Waals surface area contributed by atoms with Crippen LogP contribution in [-0.4, -0.2) is 55.2 Å². The molecular weight excluding hydrogens is 304 g/mol. The average Bonchev–Trinajstić information content (AvgIpc) is 2.60. The normalized spacial score (nSPS) is 18.3. The summed E-state index contributed by atoms with van der Waals surface area (Å²) < 4.78 is 5.29. The van der Waals surface area contributed by atoms with Crippen molar-refractivity contribution in [2.45, 2.75) is 0 Å². The second-order valence-electron chi connectivity index (χ2n) is 6.20. The van der Waals surface area contributed by atoms with Gasteiger partial charge in [0.15, 0.2) is 0 Å². The first-order valence-electron chi connectivity index (χ1n) is 8.17. The maximum absolute atomic E-state index is 12.5. The van der Waals surface area contributed by atoms with Crippen molar-refractivity contribution in [3.63, 3.8) is 0 Å². The molecule has 1 aromatic carbocycles. The van der Waals surface area contributed by atoms with E-state index in [0.717, 1.165) is 16.7 Å². The SMILES string of the molecule is N#Cc1cc(N2CC(C(=O)N3CCOCC3)C2)nc2ccccc12. The van der Waals surface area contributed by atoms with Gasteiger partial charge in [0, 0.05) is 31.6 Å². The van der Waals surface area contributed by atoms with E-state index in [4.69, 9.17) is 4.74 Å². The lowest BCUT2D eigenvalue weighted by Gasteiger charge is -2.42. The van der Waals surface area contributed by atoms with Gasteiger partial charge in [-0.3, -0.25) is 4.79 Å². The molecule has 1 amide bonds. The standard InChI is InChI=1S/C18H18N4O2/c19-10-13-9-17(20-16-4-2-1-3-15(13)16)22-11-14(12-22)18(23)21-5-7-24-8-6-21/h1-4,9,14H,5-8,11-12H2.